The summed E-state index contributed by atoms with van der Waals surface area (Å²) in [6.07, 6.45) is 1.18. The van der Waals surface area contributed by atoms with Gasteiger partial charge in [-0.25, -0.2) is 0 Å². The highest BCUT2D eigenvalue weighted by Gasteiger charge is 2.29. The lowest BCUT2D eigenvalue weighted by Crippen LogP contribution is -2.23. The van der Waals surface area contributed by atoms with Crippen molar-refractivity contribution in [3.8, 4) is 0 Å². The number of fused-ring (bicyclic) bond motifs is 1. The Hall–Kier alpha value is -2.06. The summed E-state index contributed by atoms with van der Waals surface area (Å²) in [4.78, 5) is 24.8. The van der Waals surface area contributed by atoms with Gasteiger partial charge in [-0.2, -0.15) is 4.79 Å². The molecule has 0 saturated heterocycles. The highest BCUT2D eigenvalue weighted by Crippen LogP contribution is 2.17. The lowest BCUT2D eigenvalue weighted by atomic mass is 9.89. The monoisotopic (exact) mass is 272 g/mol. The Morgan fingerprint density at radius 1 is 1.20 bits per heavy atom. The van der Waals surface area contributed by atoms with Crippen molar-refractivity contribution < 1.29 is 14.4 Å². The smallest absolute Gasteiger partial charge is 0.361 e. The van der Waals surface area contributed by atoms with Crippen LogP contribution in [0, 0.1) is 5.41 Å². The molecular weight excluding hydrogens is 252 g/mol. The second-order valence-electron chi connectivity index (χ2n) is 5.84. The third-order valence-electron chi connectivity index (χ3n) is 3.31. The Bertz CT molecular complexity index is 576. The van der Waals surface area contributed by atoms with Crippen molar-refractivity contribution in [2.75, 3.05) is 0 Å². The van der Waals surface area contributed by atoms with Crippen LogP contribution < -0.4 is 0 Å². The van der Waals surface area contributed by atoms with Gasteiger partial charge < -0.3 is 5.53 Å². The standard InChI is InChI=1S/C10H8N2O.C6H12O/c11-12-10-8-4-2-1-3-7(8)5-6-9(10)13;1-5(7)6(2,3)4/h1-4H,5-6H2;1-4H3. The van der Waals surface area contributed by atoms with Crippen molar-refractivity contribution in [3.63, 3.8) is 0 Å². The molecule has 20 heavy (non-hydrogen) atoms. The minimum Gasteiger partial charge on any atom is -0.361 e. The summed E-state index contributed by atoms with van der Waals surface area (Å²) in [7, 11) is 0. The highest BCUT2D eigenvalue weighted by atomic mass is 16.1. The molecule has 0 N–H and O–H groups in total. The van der Waals surface area contributed by atoms with E-state index in [9.17, 15) is 9.59 Å². The van der Waals surface area contributed by atoms with Crippen molar-refractivity contribution >= 4 is 17.3 Å². The van der Waals surface area contributed by atoms with Gasteiger partial charge in [-0.05, 0) is 25.0 Å². The molecule has 0 saturated carbocycles. The molecule has 1 aromatic rings. The van der Waals surface area contributed by atoms with Crippen LogP contribution >= 0.6 is 0 Å². The molecule has 4 nitrogen and oxygen atoms in total. The summed E-state index contributed by atoms with van der Waals surface area (Å²) >= 11 is 0. The number of hydrogen-bond donors (Lipinski definition) is 0. The van der Waals surface area contributed by atoms with Crippen LogP contribution in [0.25, 0.3) is 5.53 Å². The van der Waals surface area contributed by atoms with Gasteiger partial charge in [0.25, 0.3) is 0 Å². The van der Waals surface area contributed by atoms with Gasteiger partial charge in [0.2, 0.25) is 5.78 Å². The summed E-state index contributed by atoms with van der Waals surface area (Å²) in [5, 5.41) is 0. The molecule has 0 unspecified atom stereocenters. The molecule has 106 valence electrons. The fourth-order valence-electron chi connectivity index (χ4n) is 1.60. The number of carbonyl (C=O) groups is 2. The first kappa shape index (κ1) is 16.0. The molecule has 0 fully saturated rings. The maximum Gasteiger partial charge on any atom is 0.365 e. The van der Waals surface area contributed by atoms with Crippen LogP contribution in [0.1, 0.15) is 45.2 Å². The van der Waals surface area contributed by atoms with Gasteiger partial charge in [-0.15, -0.1) is 0 Å². The number of benzene rings is 1. The van der Waals surface area contributed by atoms with Crippen molar-refractivity contribution in [1.82, 2.24) is 0 Å². The van der Waals surface area contributed by atoms with Gasteiger partial charge in [-0.1, -0.05) is 39.0 Å². The second kappa shape index (κ2) is 6.40. The molecule has 0 atom stereocenters. The Morgan fingerprint density at radius 3 is 2.25 bits per heavy atom. The van der Waals surface area contributed by atoms with Crippen molar-refractivity contribution in [1.29, 1.82) is 0 Å². The molecule has 0 radical (unpaired) electrons. The molecule has 2 rings (SSSR count). The number of rotatable bonds is 0. The number of hydrogen-bond acceptors (Lipinski definition) is 2. The van der Waals surface area contributed by atoms with Gasteiger partial charge in [0.15, 0.2) is 0 Å². The average molecular weight is 272 g/mol. The van der Waals surface area contributed by atoms with E-state index >= 15 is 0 Å². The Labute approximate surface area is 119 Å². The van der Waals surface area contributed by atoms with Gasteiger partial charge >= 0.3 is 5.71 Å². The summed E-state index contributed by atoms with van der Waals surface area (Å²) in [5.41, 5.74) is 10.6. The number of ketones is 2. The Kier molecular flexibility index (Phi) is 5.12. The Morgan fingerprint density at radius 2 is 1.75 bits per heavy atom. The van der Waals surface area contributed by atoms with Gasteiger partial charge in [-0.3, -0.25) is 9.59 Å². The van der Waals surface area contributed by atoms with E-state index in [0.717, 1.165) is 17.5 Å². The molecule has 1 aliphatic rings. The molecule has 0 bridgehead atoms. The summed E-state index contributed by atoms with van der Waals surface area (Å²) in [5.74, 6) is 0.161. The molecule has 1 aliphatic carbocycles. The third-order valence-corrected chi connectivity index (χ3v) is 3.31. The predicted octanol–water partition coefficient (Wildman–Crippen LogP) is 2.84. The minimum absolute atomic E-state index is 0.0822. The number of aryl methyl sites for hydroxylation is 1. The fourth-order valence-corrected chi connectivity index (χ4v) is 1.60. The molecule has 0 amide bonds. The average Bonchev–Trinajstić information content (AvgIpc) is 2.38. The lowest BCUT2D eigenvalue weighted by molar-refractivity contribution is -0.124. The van der Waals surface area contributed by atoms with Crippen LogP contribution in [0.15, 0.2) is 24.3 Å². The zero-order valence-electron chi connectivity index (χ0n) is 12.4. The van der Waals surface area contributed by atoms with Gasteiger partial charge in [0, 0.05) is 11.8 Å². The van der Waals surface area contributed by atoms with E-state index in [1.165, 1.54) is 0 Å². The van der Waals surface area contributed by atoms with Crippen LogP contribution in [0.2, 0.25) is 0 Å². The van der Waals surface area contributed by atoms with Crippen LogP contribution in [0.3, 0.4) is 0 Å². The van der Waals surface area contributed by atoms with Crippen LogP contribution in [0.4, 0.5) is 0 Å². The SMILES string of the molecule is CC(=O)C(C)(C)C.[N-]=[N+]=C1C(=O)CCc2ccccc21. The molecule has 0 spiro atoms. The third kappa shape index (κ3) is 3.97. The first-order valence-electron chi connectivity index (χ1n) is 6.62. The maximum absolute atomic E-state index is 11.3. The van der Waals surface area contributed by atoms with Gasteiger partial charge in [0.1, 0.15) is 5.78 Å². The first-order chi connectivity index (χ1) is 9.27. The number of carbonyl (C=O) groups excluding carboxylic acids is 2. The van der Waals surface area contributed by atoms with E-state index in [1.807, 2.05) is 39.0 Å². The summed E-state index contributed by atoms with van der Waals surface area (Å²) in [6.45, 7) is 7.35. The highest BCUT2D eigenvalue weighted by molar-refractivity contribution is 6.44. The first-order valence-corrected chi connectivity index (χ1v) is 6.62. The molecular formula is C16H20N2O2. The molecule has 1 aromatic carbocycles. The van der Waals surface area contributed by atoms with Crippen LogP contribution in [-0.4, -0.2) is 22.1 Å². The van der Waals surface area contributed by atoms with E-state index in [1.54, 1.807) is 13.0 Å². The van der Waals surface area contributed by atoms with Crippen molar-refractivity contribution in [2.45, 2.75) is 40.5 Å². The van der Waals surface area contributed by atoms with E-state index in [4.69, 9.17) is 5.53 Å². The normalized spacial score (nSPS) is 13.8. The maximum atomic E-state index is 11.3. The quantitative estimate of drug-likeness (QED) is 0.538. The zero-order valence-corrected chi connectivity index (χ0v) is 12.4. The van der Waals surface area contributed by atoms with E-state index < -0.39 is 0 Å². The van der Waals surface area contributed by atoms with Crippen molar-refractivity contribution in [3.05, 3.63) is 40.9 Å². The number of Topliss-reactive ketones (excluding diaryl/α,β-unsaturated/α-hetero) is 2. The second-order valence-corrected chi connectivity index (χ2v) is 5.84. The van der Waals surface area contributed by atoms with E-state index in [2.05, 4.69) is 4.79 Å². The van der Waals surface area contributed by atoms with E-state index in [0.29, 0.717) is 6.42 Å². The zero-order chi connectivity index (χ0) is 15.3. The fraction of sp³-hybridized carbons (Fsp3) is 0.438. The van der Waals surface area contributed by atoms with Crippen LogP contribution in [-0.2, 0) is 16.0 Å². The number of nitrogens with zero attached hydrogens (tertiary/aromatic N) is 2. The Balaban J connectivity index is 0.000000246. The molecule has 4 heteroatoms. The lowest BCUT2D eigenvalue weighted by Gasteiger charge is -2.11. The topological polar surface area (TPSA) is 70.5 Å². The molecule has 0 aromatic heterocycles. The minimum atomic E-state index is -0.139. The summed E-state index contributed by atoms with van der Waals surface area (Å²) < 4.78 is 0. The largest absolute Gasteiger partial charge is 0.365 e. The van der Waals surface area contributed by atoms with Crippen molar-refractivity contribution in [2.24, 2.45) is 5.41 Å². The van der Waals surface area contributed by atoms with Gasteiger partial charge in [0.05, 0.1) is 5.56 Å². The summed E-state index contributed by atoms with van der Waals surface area (Å²) in [6, 6.07) is 7.51. The van der Waals surface area contributed by atoms with E-state index in [-0.39, 0.29) is 22.7 Å². The predicted molar refractivity (Wildman–Crippen MR) is 77.6 cm³/mol. The molecule has 0 aliphatic heterocycles. The van der Waals surface area contributed by atoms with Crippen LogP contribution in [0.5, 0.6) is 0 Å². The molecule has 0 heterocycles.